The molecular formula is C32H31N5O3. The summed E-state index contributed by atoms with van der Waals surface area (Å²) in [6, 6.07) is 16.0. The summed E-state index contributed by atoms with van der Waals surface area (Å²) < 4.78 is 7.25. The van der Waals surface area contributed by atoms with Crippen molar-refractivity contribution in [2.24, 2.45) is 5.73 Å². The van der Waals surface area contributed by atoms with Crippen LogP contribution in [0.25, 0.3) is 54.7 Å². The maximum absolute atomic E-state index is 13.5. The highest BCUT2D eigenvalue weighted by Gasteiger charge is 2.23. The van der Waals surface area contributed by atoms with Crippen LogP contribution in [-0.2, 0) is 11.2 Å². The van der Waals surface area contributed by atoms with Crippen molar-refractivity contribution in [1.29, 1.82) is 0 Å². The van der Waals surface area contributed by atoms with Crippen LogP contribution >= 0.6 is 0 Å². The van der Waals surface area contributed by atoms with E-state index in [0.717, 1.165) is 67.7 Å². The normalized spacial score (nSPS) is 12.0. The third-order valence-electron chi connectivity index (χ3n) is 7.16. The first kappa shape index (κ1) is 25.6. The number of nitrogens with zero attached hydrogens (tertiary/aromatic N) is 2. The third kappa shape index (κ3) is 4.46. The average Bonchev–Trinajstić information content (AvgIpc) is 3.60. The second-order valence-corrected chi connectivity index (χ2v) is 11.0. The topological polar surface area (TPSA) is 119 Å². The van der Waals surface area contributed by atoms with Crippen molar-refractivity contribution in [1.82, 2.24) is 19.7 Å². The van der Waals surface area contributed by atoms with Crippen LogP contribution in [-0.4, -0.2) is 38.0 Å². The lowest BCUT2D eigenvalue weighted by Crippen LogP contribution is -2.26. The SMILES string of the molecule is CC(C)(C)OC(=O)n1cc(-c2c[nH]c(=O)c3c2cc(CCCN)c2ccc(-c4cn[nH]c4)cc23)c2ccccc21. The van der Waals surface area contributed by atoms with E-state index in [0.29, 0.717) is 11.9 Å². The summed E-state index contributed by atoms with van der Waals surface area (Å²) in [6.45, 7) is 6.11. The average molecular weight is 534 g/mol. The van der Waals surface area contributed by atoms with Crippen molar-refractivity contribution in [3.05, 3.63) is 89.2 Å². The maximum atomic E-state index is 13.5. The molecule has 6 aromatic rings. The van der Waals surface area contributed by atoms with Crippen molar-refractivity contribution in [3.63, 3.8) is 0 Å². The summed E-state index contributed by atoms with van der Waals surface area (Å²) in [5.74, 6) is 0. The van der Waals surface area contributed by atoms with Crippen LogP contribution < -0.4 is 11.3 Å². The fourth-order valence-corrected chi connectivity index (χ4v) is 5.41. The number of ether oxygens (including phenoxy) is 1. The number of para-hydroxylation sites is 1. The summed E-state index contributed by atoms with van der Waals surface area (Å²) in [4.78, 5) is 29.6. The molecule has 0 amide bonds. The van der Waals surface area contributed by atoms with E-state index in [4.69, 9.17) is 10.5 Å². The highest BCUT2D eigenvalue weighted by atomic mass is 16.6. The number of nitrogens with two attached hydrogens (primary N) is 1. The van der Waals surface area contributed by atoms with E-state index in [1.54, 1.807) is 23.2 Å². The van der Waals surface area contributed by atoms with Gasteiger partial charge in [0.2, 0.25) is 0 Å². The van der Waals surface area contributed by atoms with Gasteiger partial charge in [0, 0.05) is 40.7 Å². The fraction of sp³-hybridized carbons (Fsp3) is 0.219. The van der Waals surface area contributed by atoms with Gasteiger partial charge in [-0.25, -0.2) is 4.79 Å². The first-order valence-corrected chi connectivity index (χ1v) is 13.4. The molecule has 0 atom stereocenters. The van der Waals surface area contributed by atoms with Crippen molar-refractivity contribution < 1.29 is 9.53 Å². The first-order valence-electron chi connectivity index (χ1n) is 13.4. The number of nitrogens with one attached hydrogen (secondary N) is 2. The number of aromatic amines is 2. The van der Waals surface area contributed by atoms with Gasteiger partial charge in [-0.05, 0) is 85.6 Å². The number of carbonyl (C=O) groups excluding carboxylic acids is 1. The van der Waals surface area contributed by atoms with Crippen LogP contribution in [0.5, 0.6) is 0 Å². The summed E-state index contributed by atoms with van der Waals surface area (Å²) in [5, 5.41) is 11.1. The highest BCUT2D eigenvalue weighted by molar-refractivity contribution is 6.16. The Labute approximate surface area is 230 Å². The minimum atomic E-state index is -0.642. The number of aryl methyl sites for hydroxylation is 1. The first-order chi connectivity index (χ1) is 19.2. The molecule has 4 N–H and O–H groups in total. The molecule has 202 valence electrons. The molecule has 8 heteroatoms. The zero-order valence-corrected chi connectivity index (χ0v) is 22.7. The van der Waals surface area contributed by atoms with Crippen molar-refractivity contribution in [3.8, 4) is 22.3 Å². The van der Waals surface area contributed by atoms with Gasteiger partial charge in [-0.2, -0.15) is 5.10 Å². The van der Waals surface area contributed by atoms with Crippen molar-refractivity contribution in [2.75, 3.05) is 6.54 Å². The zero-order valence-electron chi connectivity index (χ0n) is 22.7. The van der Waals surface area contributed by atoms with Gasteiger partial charge in [-0.3, -0.25) is 14.5 Å². The minimum absolute atomic E-state index is 0.172. The fourth-order valence-electron chi connectivity index (χ4n) is 5.41. The smallest absolute Gasteiger partial charge is 0.419 e. The van der Waals surface area contributed by atoms with E-state index < -0.39 is 11.7 Å². The molecule has 8 nitrogen and oxygen atoms in total. The van der Waals surface area contributed by atoms with E-state index in [1.165, 1.54) is 0 Å². The predicted octanol–water partition coefficient (Wildman–Crippen LogP) is 6.37. The summed E-state index contributed by atoms with van der Waals surface area (Å²) in [5.41, 5.74) is 10.5. The number of aromatic nitrogens is 4. The minimum Gasteiger partial charge on any atom is -0.443 e. The van der Waals surface area contributed by atoms with E-state index in [1.807, 2.05) is 51.2 Å². The zero-order chi connectivity index (χ0) is 28.0. The van der Waals surface area contributed by atoms with Crippen molar-refractivity contribution >= 4 is 38.5 Å². The van der Waals surface area contributed by atoms with E-state index >= 15 is 0 Å². The number of fused-ring (bicyclic) bond motifs is 4. The summed E-state index contributed by atoms with van der Waals surface area (Å²) in [6.07, 6.45) is 8.29. The lowest BCUT2D eigenvalue weighted by molar-refractivity contribution is 0.0544. The molecule has 0 radical (unpaired) electrons. The van der Waals surface area contributed by atoms with Gasteiger partial charge in [0.25, 0.3) is 5.56 Å². The van der Waals surface area contributed by atoms with Gasteiger partial charge in [0.15, 0.2) is 0 Å². The second kappa shape index (κ2) is 9.81. The molecule has 0 bridgehead atoms. The number of carbonyl (C=O) groups is 1. The van der Waals surface area contributed by atoms with Gasteiger partial charge < -0.3 is 15.5 Å². The molecule has 0 aliphatic rings. The Hall–Kier alpha value is -4.69. The molecular weight excluding hydrogens is 502 g/mol. The molecule has 0 aliphatic heterocycles. The molecule has 3 aromatic carbocycles. The largest absolute Gasteiger partial charge is 0.443 e. The molecule has 0 fully saturated rings. The van der Waals surface area contributed by atoms with E-state index in [2.05, 4.69) is 39.4 Å². The lowest BCUT2D eigenvalue weighted by atomic mass is 9.90. The van der Waals surface area contributed by atoms with Crippen LogP contribution in [0, 0.1) is 0 Å². The molecule has 40 heavy (non-hydrogen) atoms. The van der Waals surface area contributed by atoms with Crippen LogP contribution in [0.2, 0.25) is 0 Å². The van der Waals surface area contributed by atoms with Crippen LogP contribution in [0.3, 0.4) is 0 Å². The Balaban J connectivity index is 1.66. The van der Waals surface area contributed by atoms with Gasteiger partial charge in [-0.15, -0.1) is 0 Å². The quantitative estimate of drug-likeness (QED) is 0.223. The van der Waals surface area contributed by atoms with Crippen LogP contribution in [0.4, 0.5) is 4.79 Å². The molecule has 3 aromatic heterocycles. The standard InChI is InChI=1S/C32H31N5O3/c1-32(2,3)40-31(39)37-18-27(23-8-4-5-9-28(23)37)26-17-34-30(38)29-24-13-19(21-15-35-36-16-21)10-11-22(24)20(7-6-12-33)14-25(26)29/h4-5,8-11,13-18H,6-7,12,33H2,1-3H3,(H,34,38)(H,35,36). The van der Waals surface area contributed by atoms with Gasteiger partial charge in [-0.1, -0.05) is 30.3 Å². The van der Waals surface area contributed by atoms with E-state index in [-0.39, 0.29) is 5.56 Å². The Bertz CT molecular complexity index is 1940. The number of benzene rings is 3. The molecule has 0 unspecified atom stereocenters. The molecule has 0 spiro atoms. The van der Waals surface area contributed by atoms with Crippen LogP contribution in [0.1, 0.15) is 32.8 Å². The number of pyridine rings is 1. The molecule has 6 rings (SSSR count). The van der Waals surface area contributed by atoms with Crippen LogP contribution in [0.15, 0.2) is 78.1 Å². The van der Waals surface area contributed by atoms with Gasteiger partial charge >= 0.3 is 6.09 Å². The Morgan fingerprint density at radius 3 is 2.55 bits per heavy atom. The highest BCUT2D eigenvalue weighted by Crippen LogP contribution is 2.38. The summed E-state index contributed by atoms with van der Waals surface area (Å²) in [7, 11) is 0. The second-order valence-electron chi connectivity index (χ2n) is 11.0. The van der Waals surface area contributed by atoms with Gasteiger partial charge in [0.1, 0.15) is 5.60 Å². The summed E-state index contributed by atoms with van der Waals surface area (Å²) >= 11 is 0. The molecule has 3 heterocycles. The number of hydrogen-bond donors (Lipinski definition) is 3. The molecule has 0 saturated carbocycles. The number of H-pyrrole nitrogens is 2. The number of hydrogen-bond acceptors (Lipinski definition) is 5. The third-order valence-corrected chi connectivity index (χ3v) is 7.16. The van der Waals surface area contributed by atoms with E-state index in [9.17, 15) is 9.59 Å². The molecule has 0 aliphatic carbocycles. The molecule has 0 saturated heterocycles. The van der Waals surface area contributed by atoms with Gasteiger partial charge in [0.05, 0.1) is 17.1 Å². The Kier molecular flexibility index (Phi) is 6.27. The monoisotopic (exact) mass is 533 g/mol. The lowest BCUT2D eigenvalue weighted by Gasteiger charge is -2.19. The predicted molar refractivity (Wildman–Crippen MR) is 160 cm³/mol. The maximum Gasteiger partial charge on any atom is 0.419 e. The number of rotatable bonds is 5. The Morgan fingerprint density at radius 2 is 1.80 bits per heavy atom. The van der Waals surface area contributed by atoms with Crippen molar-refractivity contribution in [2.45, 2.75) is 39.2 Å². The Morgan fingerprint density at radius 1 is 0.975 bits per heavy atom.